The molecule has 2 heterocycles. The smallest absolute Gasteiger partial charge is 0.361 e. The van der Waals surface area contributed by atoms with E-state index >= 15 is 0 Å². The first kappa shape index (κ1) is 17.9. The van der Waals surface area contributed by atoms with Crippen LogP contribution in [-0.2, 0) is 4.74 Å². The SMILES string of the molecule is CCOC(=O)c1nn(C(C)c2ccc(Cl)cc2Cl)c2nc(Cl)cnc12. The van der Waals surface area contributed by atoms with Crippen LogP contribution in [0.2, 0.25) is 15.2 Å². The molecule has 0 radical (unpaired) electrons. The average molecular weight is 400 g/mol. The van der Waals surface area contributed by atoms with Gasteiger partial charge in [-0.05, 0) is 31.5 Å². The maximum atomic E-state index is 12.2. The van der Waals surface area contributed by atoms with Crippen LogP contribution in [0, 0.1) is 0 Å². The highest BCUT2D eigenvalue weighted by atomic mass is 35.5. The minimum absolute atomic E-state index is 0.0814. The highest BCUT2D eigenvalue weighted by Gasteiger charge is 2.24. The Morgan fingerprint density at radius 2 is 2.08 bits per heavy atom. The molecule has 2 aromatic heterocycles. The van der Waals surface area contributed by atoms with Crippen molar-refractivity contribution in [2.75, 3.05) is 6.61 Å². The zero-order valence-corrected chi connectivity index (χ0v) is 15.6. The minimum atomic E-state index is -0.572. The number of benzene rings is 1. The van der Waals surface area contributed by atoms with E-state index in [0.29, 0.717) is 21.2 Å². The van der Waals surface area contributed by atoms with Crippen molar-refractivity contribution in [1.82, 2.24) is 19.7 Å². The van der Waals surface area contributed by atoms with Gasteiger partial charge in [0.15, 0.2) is 11.3 Å². The van der Waals surface area contributed by atoms with Crippen LogP contribution in [0.15, 0.2) is 24.4 Å². The van der Waals surface area contributed by atoms with Crippen LogP contribution < -0.4 is 0 Å². The van der Waals surface area contributed by atoms with Gasteiger partial charge in [0.25, 0.3) is 0 Å². The number of nitrogens with zero attached hydrogens (tertiary/aromatic N) is 4. The van der Waals surface area contributed by atoms with E-state index in [2.05, 4.69) is 15.1 Å². The second-order valence-electron chi connectivity index (χ2n) is 5.22. The number of aromatic nitrogens is 4. The molecule has 0 N–H and O–H groups in total. The first-order chi connectivity index (χ1) is 11.9. The van der Waals surface area contributed by atoms with E-state index in [-0.39, 0.29) is 23.5 Å². The lowest BCUT2D eigenvalue weighted by Gasteiger charge is -2.15. The maximum absolute atomic E-state index is 12.2. The van der Waals surface area contributed by atoms with Crippen molar-refractivity contribution in [2.24, 2.45) is 0 Å². The molecular formula is C16H13Cl3N4O2. The number of hydrogen-bond acceptors (Lipinski definition) is 5. The molecule has 9 heteroatoms. The fraction of sp³-hybridized carbons (Fsp3) is 0.250. The molecule has 0 amide bonds. The Bertz CT molecular complexity index is 958. The van der Waals surface area contributed by atoms with Crippen molar-refractivity contribution in [3.05, 3.63) is 50.9 Å². The highest BCUT2D eigenvalue weighted by Crippen LogP contribution is 2.30. The number of fused-ring (bicyclic) bond motifs is 1. The summed E-state index contributed by atoms with van der Waals surface area (Å²) in [6, 6.07) is 4.84. The van der Waals surface area contributed by atoms with Crippen molar-refractivity contribution >= 4 is 51.9 Å². The van der Waals surface area contributed by atoms with Gasteiger partial charge in [-0.3, -0.25) is 0 Å². The van der Waals surface area contributed by atoms with Crippen LogP contribution in [0.3, 0.4) is 0 Å². The van der Waals surface area contributed by atoms with E-state index in [9.17, 15) is 4.79 Å². The molecule has 0 aliphatic carbocycles. The lowest BCUT2D eigenvalue weighted by Crippen LogP contribution is -2.12. The second-order valence-corrected chi connectivity index (χ2v) is 6.45. The van der Waals surface area contributed by atoms with Gasteiger partial charge in [0, 0.05) is 10.0 Å². The largest absolute Gasteiger partial charge is 0.461 e. The molecule has 0 fully saturated rings. The van der Waals surface area contributed by atoms with E-state index in [1.54, 1.807) is 29.8 Å². The molecule has 130 valence electrons. The van der Waals surface area contributed by atoms with Gasteiger partial charge in [-0.15, -0.1) is 0 Å². The fourth-order valence-electron chi connectivity index (χ4n) is 2.47. The lowest BCUT2D eigenvalue weighted by atomic mass is 10.1. The molecular weight excluding hydrogens is 387 g/mol. The van der Waals surface area contributed by atoms with Gasteiger partial charge >= 0.3 is 5.97 Å². The summed E-state index contributed by atoms with van der Waals surface area (Å²) in [5.74, 6) is -0.572. The Hall–Kier alpha value is -1.89. The van der Waals surface area contributed by atoms with Crippen molar-refractivity contribution < 1.29 is 9.53 Å². The van der Waals surface area contributed by atoms with Crippen LogP contribution in [0.5, 0.6) is 0 Å². The van der Waals surface area contributed by atoms with Crippen molar-refractivity contribution in [3.8, 4) is 0 Å². The molecule has 25 heavy (non-hydrogen) atoms. The van der Waals surface area contributed by atoms with Crippen LogP contribution in [0.4, 0.5) is 0 Å². The lowest BCUT2D eigenvalue weighted by molar-refractivity contribution is 0.0520. The van der Waals surface area contributed by atoms with E-state index in [1.807, 2.05) is 6.92 Å². The van der Waals surface area contributed by atoms with Gasteiger partial charge in [0.1, 0.15) is 10.7 Å². The van der Waals surface area contributed by atoms with Gasteiger partial charge in [0.2, 0.25) is 0 Å². The Kier molecular flexibility index (Phi) is 5.13. The fourth-order valence-corrected chi connectivity index (χ4v) is 3.16. The van der Waals surface area contributed by atoms with Crippen LogP contribution in [-0.4, -0.2) is 32.3 Å². The summed E-state index contributed by atoms with van der Waals surface area (Å²) in [6.07, 6.45) is 1.36. The van der Waals surface area contributed by atoms with Crippen LogP contribution in [0.25, 0.3) is 11.2 Å². The third kappa shape index (κ3) is 3.42. The Balaban J connectivity index is 2.17. The molecule has 0 bridgehead atoms. The van der Waals surface area contributed by atoms with E-state index in [4.69, 9.17) is 39.5 Å². The summed E-state index contributed by atoms with van der Waals surface area (Å²) in [5.41, 5.74) is 1.54. The molecule has 0 spiro atoms. The molecule has 0 saturated carbocycles. The van der Waals surface area contributed by atoms with Crippen LogP contribution in [0.1, 0.15) is 35.9 Å². The van der Waals surface area contributed by atoms with E-state index in [1.165, 1.54) is 6.20 Å². The standard InChI is InChI=1S/C16H13Cl3N4O2/c1-3-25-16(24)14-13-15(21-12(19)7-20-13)23(22-14)8(2)10-5-4-9(17)6-11(10)18/h4-8H,3H2,1-2H3. The zero-order valence-electron chi connectivity index (χ0n) is 13.3. The zero-order chi connectivity index (χ0) is 18.1. The quantitative estimate of drug-likeness (QED) is 0.601. The van der Waals surface area contributed by atoms with Crippen molar-refractivity contribution in [3.63, 3.8) is 0 Å². The number of carbonyl (C=O) groups is 1. The summed E-state index contributed by atoms with van der Waals surface area (Å²) in [4.78, 5) is 20.6. The summed E-state index contributed by atoms with van der Waals surface area (Å²) < 4.78 is 6.60. The van der Waals surface area contributed by atoms with E-state index < -0.39 is 5.97 Å². The highest BCUT2D eigenvalue weighted by molar-refractivity contribution is 6.35. The topological polar surface area (TPSA) is 69.9 Å². The molecule has 0 aliphatic rings. The summed E-state index contributed by atoms with van der Waals surface area (Å²) in [6.45, 7) is 3.82. The van der Waals surface area contributed by atoms with E-state index in [0.717, 1.165) is 5.56 Å². The van der Waals surface area contributed by atoms with Gasteiger partial charge in [-0.1, -0.05) is 40.9 Å². The predicted octanol–water partition coefficient (Wildman–Crippen LogP) is 4.57. The number of rotatable bonds is 4. The van der Waals surface area contributed by atoms with Crippen molar-refractivity contribution in [1.29, 1.82) is 0 Å². The predicted molar refractivity (Wildman–Crippen MR) is 96.6 cm³/mol. The first-order valence-electron chi connectivity index (χ1n) is 7.45. The maximum Gasteiger partial charge on any atom is 0.361 e. The number of hydrogen-bond donors (Lipinski definition) is 0. The summed E-state index contributed by atoms with van der Waals surface area (Å²) in [5, 5.41) is 5.56. The molecule has 1 atom stereocenters. The van der Waals surface area contributed by atoms with Gasteiger partial charge < -0.3 is 4.74 Å². The average Bonchev–Trinajstić information content (AvgIpc) is 2.93. The Morgan fingerprint density at radius 3 is 2.76 bits per heavy atom. The molecule has 3 rings (SSSR count). The van der Waals surface area contributed by atoms with Crippen LogP contribution >= 0.6 is 34.8 Å². The summed E-state index contributed by atoms with van der Waals surface area (Å²) >= 11 is 18.2. The normalized spacial score (nSPS) is 12.4. The number of carbonyl (C=O) groups excluding carboxylic acids is 1. The summed E-state index contributed by atoms with van der Waals surface area (Å²) in [7, 11) is 0. The molecule has 3 aromatic rings. The molecule has 0 aliphatic heterocycles. The monoisotopic (exact) mass is 398 g/mol. The number of halogens is 3. The number of ether oxygens (including phenoxy) is 1. The van der Waals surface area contributed by atoms with Gasteiger partial charge in [0.05, 0.1) is 18.8 Å². The second kappa shape index (κ2) is 7.15. The molecule has 6 nitrogen and oxygen atoms in total. The molecule has 1 aromatic carbocycles. The first-order valence-corrected chi connectivity index (χ1v) is 8.58. The van der Waals surface area contributed by atoms with Gasteiger partial charge in [-0.2, -0.15) is 5.10 Å². The van der Waals surface area contributed by atoms with Gasteiger partial charge in [-0.25, -0.2) is 19.4 Å². The Labute approximate surface area is 158 Å². The third-order valence-electron chi connectivity index (χ3n) is 3.62. The Morgan fingerprint density at radius 1 is 1.32 bits per heavy atom. The molecule has 1 unspecified atom stereocenters. The minimum Gasteiger partial charge on any atom is -0.461 e. The number of esters is 1. The molecule has 0 saturated heterocycles. The third-order valence-corrected chi connectivity index (χ3v) is 4.37. The van der Waals surface area contributed by atoms with Crippen molar-refractivity contribution in [2.45, 2.75) is 19.9 Å².